The summed E-state index contributed by atoms with van der Waals surface area (Å²) in [6, 6.07) is 16.1. The van der Waals surface area contributed by atoms with Crippen LogP contribution in [-0.2, 0) is 6.42 Å². The summed E-state index contributed by atoms with van der Waals surface area (Å²) in [5.41, 5.74) is 6.27. The third-order valence-electron chi connectivity index (χ3n) is 6.26. The van der Waals surface area contributed by atoms with E-state index in [1.807, 2.05) is 30.3 Å². The van der Waals surface area contributed by atoms with Crippen molar-refractivity contribution in [1.29, 1.82) is 0 Å². The van der Waals surface area contributed by atoms with Crippen LogP contribution in [0.5, 0.6) is 0 Å². The number of anilines is 1. The molecule has 6 heteroatoms. The predicted molar refractivity (Wildman–Crippen MR) is 134 cm³/mol. The van der Waals surface area contributed by atoms with Gasteiger partial charge in [-0.05, 0) is 81.1 Å². The van der Waals surface area contributed by atoms with Crippen LogP contribution >= 0.6 is 0 Å². The number of likely N-dealkylation sites (tertiary alicyclic amines) is 1. The van der Waals surface area contributed by atoms with Gasteiger partial charge in [-0.3, -0.25) is 4.79 Å². The van der Waals surface area contributed by atoms with E-state index in [4.69, 9.17) is 0 Å². The fourth-order valence-corrected chi connectivity index (χ4v) is 4.14. The van der Waals surface area contributed by atoms with Crippen molar-refractivity contribution in [3.8, 4) is 11.3 Å². The third-order valence-corrected chi connectivity index (χ3v) is 6.26. The maximum absolute atomic E-state index is 12.6. The maximum Gasteiger partial charge on any atom is 0.251 e. The van der Waals surface area contributed by atoms with Gasteiger partial charge in [0.15, 0.2) is 0 Å². The lowest BCUT2D eigenvalue weighted by Gasteiger charge is -2.14. The summed E-state index contributed by atoms with van der Waals surface area (Å²) in [4.78, 5) is 24.0. The van der Waals surface area contributed by atoms with E-state index in [1.165, 1.54) is 29.5 Å². The molecule has 2 heterocycles. The molecule has 33 heavy (non-hydrogen) atoms. The lowest BCUT2D eigenvalue weighted by molar-refractivity contribution is 0.0950. The standard InChI is InChI=1S/C27H33N5O/c1-20-8-9-22(18-21(20)2)10-12-29-27-30-13-11-25(31-27)23-6-5-7-24(19-23)26(33)28-14-17-32-15-3-4-16-32/h5-9,11,13,18-19H,3-4,10,12,14-17H2,1-2H3,(H,28,33)(H,29,30,31). The van der Waals surface area contributed by atoms with E-state index in [0.29, 0.717) is 18.1 Å². The van der Waals surface area contributed by atoms with E-state index in [1.54, 1.807) is 6.20 Å². The number of carbonyl (C=O) groups excluding carboxylic acids is 1. The van der Waals surface area contributed by atoms with E-state index < -0.39 is 0 Å². The van der Waals surface area contributed by atoms with Gasteiger partial charge in [-0.1, -0.05) is 30.3 Å². The number of hydrogen-bond donors (Lipinski definition) is 2. The minimum atomic E-state index is -0.0446. The Morgan fingerprint density at radius 3 is 2.67 bits per heavy atom. The molecule has 1 aliphatic heterocycles. The molecule has 0 atom stereocenters. The highest BCUT2D eigenvalue weighted by molar-refractivity contribution is 5.95. The summed E-state index contributed by atoms with van der Waals surface area (Å²) in [5, 5.41) is 6.36. The van der Waals surface area contributed by atoms with E-state index in [2.05, 4.69) is 57.5 Å². The number of nitrogens with zero attached hydrogens (tertiary/aromatic N) is 3. The molecule has 0 aliphatic carbocycles. The minimum Gasteiger partial charge on any atom is -0.354 e. The average molecular weight is 444 g/mol. The number of benzene rings is 2. The van der Waals surface area contributed by atoms with Crippen LogP contribution in [0.3, 0.4) is 0 Å². The molecule has 1 fully saturated rings. The molecule has 1 saturated heterocycles. The molecule has 0 radical (unpaired) electrons. The quantitative estimate of drug-likeness (QED) is 0.518. The molecule has 1 aromatic heterocycles. The van der Waals surface area contributed by atoms with Gasteiger partial charge in [0.25, 0.3) is 5.91 Å². The zero-order valence-corrected chi connectivity index (χ0v) is 19.6. The lowest BCUT2D eigenvalue weighted by atomic mass is 10.0. The summed E-state index contributed by atoms with van der Waals surface area (Å²) >= 11 is 0. The smallest absolute Gasteiger partial charge is 0.251 e. The number of aromatic nitrogens is 2. The van der Waals surface area contributed by atoms with Crippen LogP contribution in [0, 0.1) is 13.8 Å². The molecule has 0 bridgehead atoms. The number of carbonyl (C=O) groups is 1. The molecule has 172 valence electrons. The largest absolute Gasteiger partial charge is 0.354 e. The Kier molecular flexibility index (Phi) is 7.68. The van der Waals surface area contributed by atoms with Gasteiger partial charge in [0.1, 0.15) is 0 Å². The Bertz CT molecular complexity index is 1090. The number of rotatable bonds is 9. The van der Waals surface area contributed by atoms with Crippen molar-refractivity contribution < 1.29 is 4.79 Å². The van der Waals surface area contributed by atoms with Crippen LogP contribution in [0.15, 0.2) is 54.7 Å². The summed E-state index contributed by atoms with van der Waals surface area (Å²) in [6.45, 7) is 8.88. The van der Waals surface area contributed by atoms with Crippen LogP contribution in [0.2, 0.25) is 0 Å². The first-order valence-corrected chi connectivity index (χ1v) is 11.8. The fourth-order valence-electron chi connectivity index (χ4n) is 4.14. The number of amides is 1. The fraction of sp³-hybridized carbons (Fsp3) is 0.370. The number of aryl methyl sites for hydroxylation is 2. The van der Waals surface area contributed by atoms with E-state index >= 15 is 0 Å². The highest BCUT2D eigenvalue weighted by Gasteiger charge is 2.12. The Morgan fingerprint density at radius 1 is 1.00 bits per heavy atom. The summed E-state index contributed by atoms with van der Waals surface area (Å²) in [6.07, 6.45) is 5.18. The molecule has 0 spiro atoms. The first-order valence-electron chi connectivity index (χ1n) is 11.8. The van der Waals surface area contributed by atoms with Crippen LogP contribution in [0.4, 0.5) is 5.95 Å². The van der Waals surface area contributed by atoms with Crippen LogP contribution < -0.4 is 10.6 Å². The Balaban J connectivity index is 1.34. The van der Waals surface area contributed by atoms with Gasteiger partial charge in [0, 0.05) is 37.0 Å². The second kappa shape index (κ2) is 11.1. The molecule has 4 rings (SSSR count). The van der Waals surface area contributed by atoms with Gasteiger partial charge in [-0.25, -0.2) is 9.97 Å². The van der Waals surface area contributed by atoms with Gasteiger partial charge >= 0.3 is 0 Å². The van der Waals surface area contributed by atoms with Crippen molar-refractivity contribution in [2.45, 2.75) is 33.1 Å². The van der Waals surface area contributed by atoms with E-state index in [9.17, 15) is 4.79 Å². The molecule has 3 aromatic rings. The third kappa shape index (κ3) is 6.39. The van der Waals surface area contributed by atoms with Crippen molar-refractivity contribution in [3.05, 3.63) is 77.0 Å². The molecule has 0 saturated carbocycles. The second-order valence-corrected chi connectivity index (χ2v) is 8.75. The molecule has 6 nitrogen and oxygen atoms in total. The first-order chi connectivity index (χ1) is 16.1. The molecular weight excluding hydrogens is 410 g/mol. The highest BCUT2D eigenvalue weighted by atomic mass is 16.1. The van der Waals surface area contributed by atoms with Crippen molar-refractivity contribution >= 4 is 11.9 Å². The molecule has 1 amide bonds. The van der Waals surface area contributed by atoms with Gasteiger partial charge in [-0.2, -0.15) is 0 Å². The molecule has 2 aromatic carbocycles. The molecular formula is C27H33N5O. The van der Waals surface area contributed by atoms with Crippen LogP contribution in [0.1, 0.15) is 39.9 Å². The maximum atomic E-state index is 12.6. The van der Waals surface area contributed by atoms with Gasteiger partial charge in [0.2, 0.25) is 5.95 Å². The van der Waals surface area contributed by atoms with Crippen molar-refractivity contribution in [1.82, 2.24) is 20.2 Å². The summed E-state index contributed by atoms with van der Waals surface area (Å²) < 4.78 is 0. The highest BCUT2D eigenvalue weighted by Crippen LogP contribution is 2.19. The second-order valence-electron chi connectivity index (χ2n) is 8.75. The zero-order chi connectivity index (χ0) is 23.0. The number of nitrogens with one attached hydrogen (secondary N) is 2. The van der Waals surface area contributed by atoms with Crippen molar-refractivity contribution in [2.24, 2.45) is 0 Å². The lowest BCUT2D eigenvalue weighted by Crippen LogP contribution is -2.33. The molecule has 2 N–H and O–H groups in total. The van der Waals surface area contributed by atoms with Crippen molar-refractivity contribution in [3.63, 3.8) is 0 Å². The summed E-state index contributed by atoms with van der Waals surface area (Å²) in [5.74, 6) is 0.550. The van der Waals surface area contributed by atoms with Gasteiger partial charge in [0.05, 0.1) is 5.69 Å². The van der Waals surface area contributed by atoms with E-state index in [0.717, 1.165) is 43.9 Å². The normalized spacial score (nSPS) is 13.8. The summed E-state index contributed by atoms with van der Waals surface area (Å²) in [7, 11) is 0. The Labute approximate surface area is 196 Å². The average Bonchev–Trinajstić information content (AvgIpc) is 3.35. The first kappa shape index (κ1) is 22.9. The molecule has 0 unspecified atom stereocenters. The minimum absolute atomic E-state index is 0.0446. The molecule has 1 aliphatic rings. The predicted octanol–water partition coefficient (Wildman–Crippen LogP) is 4.24. The monoisotopic (exact) mass is 443 g/mol. The topological polar surface area (TPSA) is 70.2 Å². The van der Waals surface area contributed by atoms with Gasteiger partial charge < -0.3 is 15.5 Å². The van der Waals surface area contributed by atoms with Crippen LogP contribution in [-0.4, -0.2) is 53.5 Å². The van der Waals surface area contributed by atoms with Crippen LogP contribution in [0.25, 0.3) is 11.3 Å². The Hall–Kier alpha value is -3.25. The Morgan fingerprint density at radius 2 is 1.85 bits per heavy atom. The zero-order valence-electron chi connectivity index (χ0n) is 19.6. The van der Waals surface area contributed by atoms with Crippen molar-refractivity contribution in [2.75, 3.05) is 38.0 Å². The van der Waals surface area contributed by atoms with E-state index in [-0.39, 0.29) is 5.91 Å². The number of hydrogen-bond acceptors (Lipinski definition) is 5. The SMILES string of the molecule is Cc1ccc(CCNc2nccc(-c3cccc(C(=O)NCCN4CCCC4)c3)n2)cc1C. The van der Waals surface area contributed by atoms with Gasteiger partial charge in [-0.15, -0.1) is 0 Å².